The molecular weight excluding hydrogens is 172 g/mol. The Morgan fingerprint density at radius 3 is 2.29 bits per heavy atom. The van der Waals surface area contributed by atoms with Gasteiger partial charge in [-0.2, -0.15) is 0 Å². The Bertz CT molecular complexity index is 141. The van der Waals surface area contributed by atoms with E-state index >= 15 is 0 Å². The minimum atomic E-state index is 0.744. The van der Waals surface area contributed by atoms with E-state index in [9.17, 15) is 0 Å². The van der Waals surface area contributed by atoms with Crippen LogP contribution in [-0.4, -0.2) is 37.1 Å². The van der Waals surface area contributed by atoms with Crippen molar-refractivity contribution in [1.82, 2.24) is 10.2 Å². The summed E-state index contributed by atoms with van der Waals surface area (Å²) in [4.78, 5) is 2.61. The Kier molecular flexibility index (Phi) is 5.49. The highest BCUT2D eigenvalue weighted by molar-refractivity contribution is 4.83. The van der Waals surface area contributed by atoms with Crippen molar-refractivity contribution in [2.45, 2.75) is 46.1 Å². The van der Waals surface area contributed by atoms with Gasteiger partial charge in [-0.3, -0.25) is 0 Å². The molecule has 0 aromatic carbocycles. The monoisotopic (exact) mass is 198 g/mol. The number of nitrogens with zero attached hydrogens (tertiary/aromatic N) is 1. The van der Waals surface area contributed by atoms with Gasteiger partial charge in [-0.15, -0.1) is 0 Å². The molecule has 0 aromatic heterocycles. The van der Waals surface area contributed by atoms with Crippen molar-refractivity contribution in [2.24, 2.45) is 5.92 Å². The van der Waals surface area contributed by atoms with Gasteiger partial charge in [0.1, 0.15) is 0 Å². The first-order chi connectivity index (χ1) is 6.77. The van der Waals surface area contributed by atoms with Crippen molar-refractivity contribution in [3.8, 4) is 0 Å². The zero-order valence-corrected chi connectivity index (χ0v) is 10.1. The molecule has 0 spiro atoms. The minimum absolute atomic E-state index is 0.744. The van der Waals surface area contributed by atoms with E-state index in [2.05, 4.69) is 31.0 Å². The van der Waals surface area contributed by atoms with Crippen molar-refractivity contribution < 1.29 is 0 Å². The lowest BCUT2D eigenvalue weighted by atomic mass is 10.0. The van der Waals surface area contributed by atoms with Crippen molar-refractivity contribution in [3.05, 3.63) is 0 Å². The Morgan fingerprint density at radius 2 is 1.86 bits per heavy atom. The largest absolute Gasteiger partial charge is 0.312 e. The second-order valence-electron chi connectivity index (χ2n) is 4.63. The number of hydrogen-bond acceptors (Lipinski definition) is 2. The van der Waals surface area contributed by atoms with Crippen molar-refractivity contribution in [1.29, 1.82) is 0 Å². The molecule has 0 bridgehead atoms. The number of nitrogens with one attached hydrogen (secondary N) is 1. The predicted octanol–water partition coefficient (Wildman–Crippen LogP) is 2.11. The fraction of sp³-hybridized carbons (Fsp3) is 1.00. The average Bonchev–Trinajstić information content (AvgIpc) is 2.53. The highest BCUT2D eigenvalue weighted by Gasteiger charge is 2.24. The van der Waals surface area contributed by atoms with Gasteiger partial charge < -0.3 is 10.2 Å². The summed E-state index contributed by atoms with van der Waals surface area (Å²) in [5.41, 5.74) is 0. The third kappa shape index (κ3) is 3.58. The van der Waals surface area contributed by atoms with E-state index in [0.29, 0.717) is 0 Å². The topological polar surface area (TPSA) is 15.3 Å². The predicted molar refractivity (Wildman–Crippen MR) is 62.6 cm³/mol. The molecule has 1 saturated heterocycles. The summed E-state index contributed by atoms with van der Waals surface area (Å²) < 4.78 is 0. The first kappa shape index (κ1) is 12.0. The van der Waals surface area contributed by atoms with Gasteiger partial charge in [0.15, 0.2) is 0 Å². The van der Waals surface area contributed by atoms with Crippen LogP contribution in [0.25, 0.3) is 0 Å². The van der Waals surface area contributed by atoms with E-state index in [-0.39, 0.29) is 0 Å². The van der Waals surface area contributed by atoms with Crippen molar-refractivity contribution >= 4 is 0 Å². The molecule has 1 rings (SSSR count). The lowest BCUT2D eigenvalue weighted by molar-refractivity contribution is 0.234. The lowest BCUT2D eigenvalue weighted by Gasteiger charge is -2.26. The highest BCUT2D eigenvalue weighted by Crippen LogP contribution is 2.15. The van der Waals surface area contributed by atoms with Crippen molar-refractivity contribution in [2.75, 3.05) is 26.2 Å². The molecule has 1 aliphatic heterocycles. The maximum atomic E-state index is 3.61. The molecule has 0 radical (unpaired) electrons. The maximum absolute atomic E-state index is 3.61. The van der Waals surface area contributed by atoms with E-state index in [1.54, 1.807) is 0 Å². The quantitative estimate of drug-likeness (QED) is 0.703. The summed E-state index contributed by atoms with van der Waals surface area (Å²) in [7, 11) is 0. The summed E-state index contributed by atoms with van der Waals surface area (Å²) in [5, 5.41) is 3.61. The van der Waals surface area contributed by atoms with Crippen LogP contribution in [0.4, 0.5) is 0 Å². The first-order valence-corrected chi connectivity index (χ1v) is 6.23. The summed E-state index contributed by atoms with van der Waals surface area (Å²) in [6.45, 7) is 11.9. The second kappa shape index (κ2) is 6.41. The summed E-state index contributed by atoms with van der Waals surface area (Å²) in [5.74, 6) is 0.867. The van der Waals surface area contributed by atoms with Gasteiger partial charge in [0.05, 0.1) is 0 Å². The van der Waals surface area contributed by atoms with Crippen LogP contribution in [0.1, 0.15) is 40.0 Å². The van der Waals surface area contributed by atoms with Gasteiger partial charge in [0.2, 0.25) is 0 Å². The highest BCUT2D eigenvalue weighted by atomic mass is 15.2. The molecule has 1 N–H and O–H groups in total. The Hall–Kier alpha value is -0.0800. The molecule has 14 heavy (non-hydrogen) atoms. The van der Waals surface area contributed by atoms with E-state index in [1.165, 1.54) is 45.4 Å². The van der Waals surface area contributed by atoms with E-state index in [0.717, 1.165) is 12.0 Å². The smallest absolute Gasteiger partial charge is 0.0221 e. The Balaban J connectivity index is 2.29. The van der Waals surface area contributed by atoms with Gasteiger partial charge in [-0.05, 0) is 44.8 Å². The molecule has 0 saturated carbocycles. The fourth-order valence-corrected chi connectivity index (χ4v) is 2.35. The molecule has 2 heteroatoms. The Morgan fingerprint density at radius 1 is 1.21 bits per heavy atom. The second-order valence-corrected chi connectivity index (χ2v) is 4.63. The molecule has 0 aromatic rings. The van der Waals surface area contributed by atoms with Crippen LogP contribution in [0.2, 0.25) is 0 Å². The van der Waals surface area contributed by atoms with Gasteiger partial charge in [-0.25, -0.2) is 0 Å². The van der Waals surface area contributed by atoms with Crippen LogP contribution < -0.4 is 5.32 Å². The van der Waals surface area contributed by atoms with Crippen LogP contribution in [-0.2, 0) is 0 Å². The summed E-state index contributed by atoms with van der Waals surface area (Å²) >= 11 is 0. The third-order valence-electron chi connectivity index (χ3n) is 3.23. The zero-order valence-electron chi connectivity index (χ0n) is 10.1. The van der Waals surface area contributed by atoms with Gasteiger partial charge in [0.25, 0.3) is 0 Å². The molecule has 1 heterocycles. The minimum Gasteiger partial charge on any atom is -0.312 e. The first-order valence-electron chi connectivity index (χ1n) is 6.23. The van der Waals surface area contributed by atoms with Crippen LogP contribution in [0, 0.1) is 5.92 Å². The van der Waals surface area contributed by atoms with E-state index in [4.69, 9.17) is 0 Å². The number of rotatable bonds is 6. The molecule has 1 aliphatic rings. The molecule has 2 atom stereocenters. The molecular formula is C12H26N2. The molecule has 0 amide bonds. The third-order valence-corrected chi connectivity index (χ3v) is 3.23. The molecule has 0 aliphatic carbocycles. The van der Waals surface area contributed by atoms with Crippen LogP contribution in [0.3, 0.4) is 0 Å². The van der Waals surface area contributed by atoms with Crippen molar-refractivity contribution in [3.63, 3.8) is 0 Å². The standard InChI is InChI=1S/C12H26N2/c1-4-8-14(9-5-2)10-12-11(3)6-7-13-12/h11-13H,4-10H2,1-3H3. The van der Waals surface area contributed by atoms with Crippen LogP contribution >= 0.6 is 0 Å². The zero-order chi connectivity index (χ0) is 10.4. The molecule has 2 unspecified atom stereocenters. The Labute approximate surface area is 89.1 Å². The normalized spacial score (nSPS) is 27.4. The number of hydrogen-bond donors (Lipinski definition) is 1. The molecule has 1 fully saturated rings. The molecule has 2 nitrogen and oxygen atoms in total. The van der Waals surface area contributed by atoms with E-state index < -0.39 is 0 Å². The van der Waals surface area contributed by atoms with E-state index in [1.807, 2.05) is 0 Å². The van der Waals surface area contributed by atoms with Crippen LogP contribution in [0.15, 0.2) is 0 Å². The van der Waals surface area contributed by atoms with Crippen LogP contribution in [0.5, 0.6) is 0 Å². The summed E-state index contributed by atoms with van der Waals surface area (Å²) in [6, 6.07) is 0.744. The average molecular weight is 198 g/mol. The SMILES string of the molecule is CCCN(CCC)CC1NCCC1C. The van der Waals surface area contributed by atoms with Gasteiger partial charge in [-0.1, -0.05) is 20.8 Å². The van der Waals surface area contributed by atoms with Gasteiger partial charge in [0, 0.05) is 12.6 Å². The van der Waals surface area contributed by atoms with Gasteiger partial charge >= 0.3 is 0 Å². The summed E-state index contributed by atoms with van der Waals surface area (Å²) in [6.07, 6.45) is 3.92. The fourth-order valence-electron chi connectivity index (χ4n) is 2.35. The lowest BCUT2D eigenvalue weighted by Crippen LogP contribution is -2.40. The maximum Gasteiger partial charge on any atom is 0.0221 e. The molecule has 84 valence electrons.